The average Bonchev–Trinajstić information content (AvgIpc) is 1.80. The zero-order chi connectivity index (χ0) is 7.11. The van der Waals surface area contributed by atoms with Gasteiger partial charge in [0, 0.05) is 16.8 Å². The molecule has 0 amide bonds. The van der Waals surface area contributed by atoms with E-state index >= 15 is 0 Å². The minimum Gasteiger partial charge on any atom is -0.268 e. The SMILES string of the molecule is CC(Cl)/C=N\C=C/CI. The van der Waals surface area contributed by atoms with Crippen molar-refractivity contribution < 1.29 is 0 Å². The van der Waals surface area contributed by atoms with Crippen LogP contribution in [0.4, 0.5) is 0 Å². The van der Waals surface area contributed by atoms with Gasteiger partial charge in [-0.15, -0.1) is 11.6 Å². The molecule has 0 saturated heterocycles. The van der Waals surface area contributed by atoms with Gasteiger partial charge in [0.05, 0.1) is 5.38 Å². The lowest BCUT2D eigenvalue weighted by Gasteiger charge is -1.85. The Morgan fingerprint density at radius 1 is 1.78 bits per heavy atom. The molecule has 0 bridgehead atoms. The van der Waals surface area contributed by atoms with Crippen LogP contribution < -0.4 is 0 Å². The highest BCUT2D eigenvalue weighted by Crippen LogP contribution is 1.88. The zero-order valence-corrected chi connectivity index (χ0v) is 8.13. The molecule has 0 aromatic heterocycles. The summed E-state index contributed by atoms with van der Waals surface area (Å²) in [5.74, 6) is 0. The van der Waals surface area contributed by atoms with Gasteiger partial charge in [-0.25, -0.2) is 0 Å². The number of nitrogens with zero attached hydrogens (tertiary/aromatic N) is 1. The molecule has 0 N–H and O–H groups in total. The standard InChI is InChI=1S/C6H9ClIN/c1-6(7)5-9-4-2-3-8/h2,4-6H,3H2,1H3/b4-2-,9-5-. The zero-order valence-electron chi connectivity index (χ0n) is 5.22. The van der Waals surface area contributed by atoms with Gasteiger partial charge >= 0.3 is 0 Å². The van der Waals surface area contributed by atoms with Gasteiger partial charge in [-0.1, -0.05) is 28.7 Å². The number of rotatable bonds is 3. The van der Waals surface area contributed by atoms with Crippen LogP contribution in [0.1, 0.15) is 6.92 Å². The summed E-state index contributed by atoms with van der Waals surface area (Å²) in [7, 11) is 0. The Bertz CT molecular complexity index is 110. The summed E-state index contributed by atoms with van der Waals surface area (Å²) in [4.78, 5) is 3.92. The quantitative estimate of drug-likeness (QED) is 0.419. The highest BCUT2D eigenvalue weighted by atomic mass is 127. The van der Waals surface area contributed by atoms with Crippen molar-refractivity contribution in [1.29, 1.82) is 0 Å². The molecule has 0 aliphatic rings. The first-order valence-electron chi connectivity index (χ1n) is 2.65. The van der Waals surface area contributed by atoms with Crippen LogP contribution in [0, 0.1) is 0 Å². The van der Waals surface area contributed by atoms with Gasteiger partial charge < -0.3 is 0 Å². The van der Waals surface area contributed by atoms with Crippen molar-refractivity contribution in [2.45, 2.75) is 12.3 Å². The molecule has 0 aliphatic heterocycles. The number of allylic oxidation sites excluding steroid dienone is 1. The monoisotopic (exact) mass is 257 g/mol. The van der Waals surface area contributed by atoms with Crippen molar-refractivity contribution in [1.82, 2.24) is 0 Å². The van der Waals surface area contributed by atoms with Crippen molar-refractivity contribution in [3.63, 3.8) is 0 Å². The first-order valence-corrected chi connectivity index (χ1v) is 4.62. The number of alkyl halides is 2. The second-order valence-electron chi connectivity index (χ2n) is 1.51. The van der Waals surface area contributed by atoms with Gasteiger partial charge in [0.25, 0.3) is 0 Å². The molecular formula is C6H9ClIN. The van der Waals surface area contributed by atoms with Gasteiger partial charge in [-0.3, -0.25) is 4.99 Å². The van der Waals surface area contributed by atoms with Crippen LogP contribution in [-0.4, -0.2) is 16.0 Å². The molecule has 0 aromatic carbocycles. The third-order valence-electron chi connectivity index (χ3n) is 0.572. The van der Waals surface area contributed by atoms with Crippen molar-refractivity contribution in [2.24, 2.45) is 4.99 Å². The third kappa shape index (κ3) is 8.43. The summed E-state index contributed by atoms with van der Waals surface area (Å²) in [5.41, 5.74) is 0. The van der Waals surface area contributed by atoms with E-state index in [1.807, 2.05) is 13.0 Å². The minimum atomic E-state index is 0.0314. The molecular weight excluding hydrogens is 248 g/mol. The molecule has 0 saturated carbocycles. The van der Waals surface area contributed by atoms with Gasteiger partial charge in [-0.2, -0.15) is 0 Å². The predicted octanol–water partition coefficient (Wildman–Crippen LogP) is 2.63. The molecule has 0 aromatic rings. The molecule has 0 rings (SSSR count). The number of hydrogen-bond acceptors (Lipinski definition) is 1. The summed E-state index contributed by atoms with van der Waals surface area (Å²) in [6.07, 6.45) is 5.42. The second-order valence-corrected chi connectivity index (χ2v) is 3.08. The number of hydrogen-bond donors (Lipinski definition) is 0. The normalized spacial score (nSPS) is 15.4. The molecule has 0 heterocycles. The van der Waals surface area contributed by atoms with Gasteiger partial charge in [0.2, 0.25) is 0 Å². The molecule has 0 spiro atoms. The van der Waals surface area contributed by atoms with Gasteiger partial charge in [0.15, 0.2) is 0 Å². The maximum atomic E-state index is 5.57. The Balaban J connectivity index is 3.35. The molecule has 0 fully saturated rings. The van der Waals surface area contributed by atoms with Crippen molar-refractivity contribution in [2.75, 3.05) is 4.43 Å². The summed E-state index contributed by atoms with van der Waals surface area (Å²) >= 11 is 7.82. The van der Waals surface area contributed by atoms with E-state index < -0.39 is 0 Å². The first kappa shape index (κ1) is 9.43. The Morgan fingerprint density at radius 2 is 2.44 bits per heavy atom. The number of halogens is 2. The highest BCUT2D eigenvalue weighted by molar-refractivity contribution is 14.1. The van der Waals surface area contributed by atoms with E-state index in [1.165, 1.54) is 0 Å². The van der Waals surface area contributed by atoms with Gasteiger partial charge in [-0.05, 0) is 6.92 Å². The molecule has 0 aliphatic carbocycles. The fourth-order valence-corrected chi connectivity index (χ4v) is 0.561. The van der Waals surface area contributed by atoms with Crippen LogP contribution in [0.3, 0.4) is 0 Å². The molecule has 52 valence electrons. The largest absolute Gasteiger partial charge is 0.268 e. The van der Waals surface area contributed by atoms with Crippen molar-refractivity contribution in [3.05, 3.63) is 12.3 Å². The molecule has 3 heteroatoms. The van der Waals surface area contributed by atoms with E-state index in [1.54, 1.807) is 12.4 Å². The van der Waals surface area contributed by atoms with Crippen molar-refractivity contribution >= 4 is 40.4 Å². The Labute approximate surface area is 74.3 Å². The van der Waals surface area contributed by atoms with E-state index in [2.05, 4.69) is 27.6 Å². The van der Waals surface area contributed by atoms with Gasteiger partial charge in [0.1, 0.15) is 0 Å². The fraction of sp³-hybridized carbons (Fsp3) is 0.500. The van der Waals surface area contributed by atoms with Crippen molar-refractivity contribution in [3.8, 4) is 0 Å². The lowest BCUT2D eigenvalue weighted by Crippen LogP contribution is -1.88. The third-order valence-corrected chi connectivity index (χ3v) is 1.19. The summed E-state index contributed by atoms with van der Waals surface area (Å²) < 4.78 is 0.992. The smallest absolute Gasteiger partial charge is 0.0660 e. The van der Waals surface area contributed by atoms with E-state index in [9.17, 15) is 0 Å². The van der Waals surface area contributed by atoms with Crippen LogP contribution >= 0.6 is 34.2 Å². The summed E-state index contributed by atoms with van der Waals surface area (Å²) in [5, 5.41) is 0.0314. The molecule has 1 nitrogen and oxygen atoms in total. The molecule has 0 radical (unpaired) electrons. The highest BCUT2D eigenvalue weighted by Gasteiger charge is 1.82. The van der Waals surface area contributed by atoms with Crippen LogP contribution in [0.5, 0.6) is 0 Å². The fourth-order valence-electron chi connectivity index (χ4n) is 0.269. The van der Waals surface area contributed by atoms with E-state index in [0.29, 0.717) is 0 Å². The Morgan fingerprint density at radius 3 is 2.89 bits per heavy atom. The van der Waals surface area contributed by atoms with Crippen LogP contribution in [-0.2, 0) is 0 Å². The summed E-state index contributed by atoms with van der Waals surface area (Å²) in [6.45, 7) is 1.88. The topological polar surface area (TPSA) is 12.4 Å². The Hall–Kier alpha value is 0.430. The predicted molar refractivity (Wildman–Crippen MR) is 51.8 cm³/mol. The minimum absolute atomic E-state index is 0.0314. The maximum absolute atomic E-state index is 5.57. The second kappa shape index (κ2) is 6.55. The number of aliphatic imine (C=N–C) groups is 1. The first-order chi connectivity index (χ1) is 4.27. The average molecular weight is 258 g/mol. The lowest BCUT2D eigenvalue weighted by molar-refractivity contribution is 1.32. The maximum Gasteiger partial charge on any atom is 0.0660 e. The molecule has 1 atom stereocenters. The van der Waals surface area contributed by atoms with E-state index in [4.69, 9.17) is 11.6 Å². The molecule has 9 heavy (non-hydrogen) atoms. The van der Waals surface area contributed by atoms with E-state index in [-0.39, 0.29) is 5.38 Å². The van der Waals surface area contributed by atoms with Crippen LogP contribution in [0.2, 0.25) is 0 Å². The molecule has 1 unspecified atom stereocenters. The van der Waals surface area contributed by atoms with Crippen LogP contribution in [0.15, 0.2) is 17.3 Å². The summed E-state index contributed by atoms with van der Waals surface area (Å²) in [6, 6.07) is 0. The Kier molecular flexibility index (Phi) is 6.86. The lowest BCUT2D eigenvalue weighted by atomic mass is 10.5. The van der Waals surface area contributed by atoms with Crippen LogP contribution in [0.25, 0.3) is 0 Å². The van der Waals surface area contributed by atoms with E-state index in [0.717, 1.165) is 4.43 Å².